The molecule has 0 aliphatic heterocycles. The molecular weight excluding hydrogens is 196 g/mol. The summed E-state index contributed by atoms with van der Waals surface area (Å²) < 4.78 is 15.5. The molecule has 60 valence electrons. The van der Waals surface area contributed by atoms with Crippen LogP contribution >= 0.6 is 0 Å². The molecule has 0 heterocycles. The van der Waals surface area contributed by atoms with Crippen LogP contribution in [0, 0.1) is 0 Å². The minimum atomic E-state index is -0.683. The highest BCUT2D eigenvalue weighted by Gasteiger charge is 1.89. The third-order valence-electron chi connectivity index (χ3n) is 0.716. The molecule has 0 fully saturated rings. The average Bonchev–Trinajstić information content (AvgIpc) is 1.87. The van der Waals surface area contributed by atoms with E-state index in [2.05, 4.69) is 6.58 Å². The van der Waals surface area contributed by atoms with Crippen LogP contribution in [-0.2, 0) is 12.3 Å². The van der Waals surface area contributed by atoms with Gasteiger partial charge in [0.05, 0.1) is 0 Å². The molecule has 0 spiro atoms. The average molecular weight is 210 g/mol. The van der Waals surface area contributed by atoms with Crippen molar-refractivity contribution in [1.29, 1.82) is 0 Å². The van der Waals surface area contributed by atoms with E-state index in [-0.39, 0.29) is 0 Å². The molecule has 0 N–H and O–H groups in total. The van der Waals surface area contributed by atoms with E-state index < -0.39 is 29.8 Å². The molecule has 0 unspecified atom stereocenters. The second kappa shape index (κ2) is 7.59. The summed E-state index contributed by atoms with van der Waals surface area (Å²) in [6, 6.07) is 0. The zero-order chi connectivity index (χ0) is 7.82. The largest absolute Gasteiger partial charge is 0.449 e. The predicted octanol–water partition coefficient (Wildman–Crippen LogP) is -3.07. The van der Waals surface area contributed by atoms with E-state index in [0.29, 0.717) is 0 Å². The molecule has 0 radical (unpaired) electrons. The fraction of sp³-hybridized carbons (Fsp3) is 0.333. The number of hydrogen-bond donors (Lipinski definition) is 0. The van der Waals surface area contributed by atoms with Crippen molar-refractivity contribution in [2.75, 3.05) is 0 Å². The minimum Gasteiger partial charge on any atom is -0.449 e. The Morgan fingerprint density at radius 3 is 2.60 bits per heavy atom. The maximum absolute atomic E-state index is 5.32. The predicted molar refractivity (Wildman–Crippen MR) is 53.6 cm³/mol. The summed E-state index contributed by atoms with van der Waals surface area (Å²) in [5, 5.41) is 1.18. The smallest absolute Gasteiger partial charge is 0.284 e. The van der Waals surface area contributed by atoms with Gasteiger partial charge in [-0.15, -0.1) is 6.58 Å². The molecule has 0 aromatic carbocycles. The van der Waals surface area contributed by atoms with E-state index >= 15 is 0 Å². The fourth-order valence-electron chi connectivity index (χ4n) is 0.392. The van der Waals surface area contributed by atoms with Crippen LogP contribution in [0.3, 0.4) is 0 Å². The fourth-order valence-corrected chi connectivity index (χ4v) is 6.09. The van der Waals surface area contributed by atoms with Gasteiger partial charge in [0.1, 0.15) is 10.5 Å². The molecule has 10 heavy (non-hydrogen) atoms. The molecule has 0 aromatic heterocycles. The van der Waals surface area contributed by atoms with Crippen LogP contribution < -0.4 is 0 Å². The quantitative estimate of drug-likeness (QED) is 0.344. The van der Waals surface area contributed by atoms with E-state index in [1.54, 1.807) is 0 Å². The van der Waals surface area contributed by atoms with Gasteiger partial charge in [-0.2, -0.15) is 0 Å². The first kappa shape index (κ1) is 10.5. The van der Waals surface area contributed by atoms with Crippen molar-refractivity contribution in [3.05, 3.63) is 11.8 Å². The molecule has 0 bridgehead atoms. The standard InChI is InChI=1S/C3H14O3Si4/c1-3(2)8-5-10-6-9-4-7/h1,8-10H2,2,7H3. The Morgan fingerprint density at radius 1 is 1.40 bits per heavy atom. The molecule has 0 aliphatic carbocycles. The summed E-state index contributed by atoms with van der Waals surface area (Å²) in [5.41, 5.74) is 0. The topological polar surface area (TPSA) is 27.7 Å². The van der Waals surface area contributed by atoms with Gasteiger partial charge in [0.2, 0.25) is 0 Å². The zero-order valence-corrected chi connectivity index (χ0v) is 12.8. The zero-order valence-electron chi connectivity index (χ0n) is 6.55. The van der Waals surface area contributed by atoms with Crippen LogP contribution in [0.2, 0.25) is 0 Å². The highest BCUT2D eigenvalue weighted by Crippen LogP contribution is 1.82. The summed E-state index contributed by atoms with van der Waals surface area (Å²) >= 11 is 0. The van der Waals surface area contributed by atoms with Crippen molar-refractivity contribution in [3.63, 3.8) is 0 Å². The summed E-state index contributed by atoms with van der Waals surface area (Å²) in [6.45, 7) is 5.76. The first-order valence-electron chi connectivity index (χ1n) is 3.06. The summed E-state index contributed by atoms with van der Waals surface area (Å²) in [7, 11) is -0.975. The molecule has 0 rings (SSSR count). The van der Waals surface area contributed by atoms with Crippen LogP contribution in [-0.4, -0.2) is 40.3 Å². The van der Waals surface area contributed by atoms with E-state index in [1.165, 1.54) is 5.20 Å². The van der Waals surface area contributed by atoms with Gasteiger partial charge in [0.15, 0.2) is 9.76 Å². The van der Waals surface area contributed by atoms with Crippen LogP contribution in [0.15, 0.2) is 11.8 Å². The Labute approximate surface area is 71.8 Å². The third-order valence-corrected chi connectivity index (χ3v) is 4.97. The Hall–Kier alpha value is 0.488. The van der Waals surface area contributed by atoms with E-state index in [1.807, 2.05) is 6.92 Å². The lowest BCUT2D eigenvalue weighted by Gasteiger charge is -2.02. The van der Waals surface area contributed by atoms with Crippen LogP contribution in [0.25, 0.3) is 0 Å². The van der Waals surface area contributed by atoms with Gasteiger partial charge < -0.3 is 12.3 Å². The third kappa shape index (κ3) is 8.49. The Balaban J connectivity index is 2.84. The van der Waals surface area contributed by atoms with Crippen LogP contribution in [0.5, 0.6) is 0 Å². The SMILES string of the molecule is C=C(C)[SiH2]O[SiH2]O[SiH2]O[SiH3]. The Kier molecular flexibility index (Phi) is 7.96. The summed E-state index contributed by atoms with van der Waals surface area (Å²) in [6.07, 6.45) is 0. The van der Waals surface area contributed by atoms with Gasteiger partial charge in [0.25, 0.3) is 20.0 Å². The highest BCUT2D eigenvalue weighted by atomic mass is 28.4. The van der Waals surface area contributed by atoms with E-state index in [0.717, 1.165) is 10.5 Å². The van der Waals surface area contributed by atoms with Gasteiger partial charge in [-0.3, -0.25) is 0 Å². The molecule has 0 atom stereocenters. The second-order valence-electron chi connectivity index (χ2n) is 2.03. The molecule has 0 saturated heterocycles. The molecule has 0 amide bonds. The van der Waals surface area contributed by atoms with Gasteiger partial charge >= 0.3 is 0 Å². The van der Waals surface area contributed by atoms with Crippen molar-refractivity contribution in [2.24, 2.45) is 0 Å². The van der Waals surface area contributed by atoms with Crippen molar-refractivity contribution >= 4 is 40.3 Å². The van der Waals surface area contributed by atoms with Gasteiger partial charge in [-0.05, 0) is 6.92 Å². The molecular formula is C3H14O3Si4. The maximum Gasteiger partial charge on any atom is 0.284 e. The Bertz CT molecular complexity index is 97.7. The maximum atomic E-state index is 5.32. The number of allylic oxidation sites excluding steroid dienone is 1. The van der Waals surface area contributed by atoms with Crippen molar-refractivity contribution in [1.82, 2.24) is 0 Å². The van der Waals surface area contributed by atoms with Gasteiger partial charge in [-0.1, -0.05) is 5.20 Å². The van der Waals surface area contributed by atoms with E-state index in [9.17, 15) is 0 Å². The van der Waals surface area contributed by atoms with Crippen molar-refractivity contribution in [3.8, 4) is 0 Å². The monoisotopic (exact) mass is 210 g/mol. The van der Waals surface area contributed by atoms with Crippen LogP contribution in [0.4, 0.5) is 0 Å². The number of rotatable bonds is 6. The van der Waals surface area contributed by atoms with Gasteiger partial charge in [0, 0.05) is 0 Å². The van der Waals surface area contributed by atoms with Crippen molar-refractivity contribution < 1.29 is 12.3 Å². The van der Waals surface area contributed by atoms with Gasteiger partial charge in [-0.25, -0.2) is 0 Å². The highest BCUT2D eigenvalue weighted by molar-refractivity contribution is 6.48. The van der Waals surface area contributed by atoms with Crippen LogP contribution in [0.1, 0.15) is 6.92 Å². The molecule has 3 nitrogen and oxygen atoms in total. The first-order valence-corrected chi connectivity index (χ1v) is 7.47. The molecule has 7 heteroatoms. The minimum absolute atomic E-state index is 0.462. The lowest BCUT2D eigenvalue weighted by Crippen LogP contribution is -2.12. The lowest BCUT2D eigenvalue weighted by atomic mass is 10.8. The molecule has 0 saturated carbocycles. The second-order valence-corrected chi connectivity index (χ2v) is 9.58. The molecule has 0 aliphatic rings. The number of hydrogen-bond acceptors (Lipinski definition) is 3. The molecule has 0 aromatic rings. The lowest BCUT2D eigenvalue weighted by molar-refractivity contribution is 0.440. The van der Waals surface area contributed by atoms with Crippen molar-refractivity contribution in [2.45, 2.75) is 6.92 Å². The van der Waals surface area contributed by atoms with E-state index in [4.69, 9.17) is 12.3 Å². The Morgan fingerprint density at radius 2 is 2.10 bits per heavy atom. The summed E-state index contributed by atoms with van der Waals surface area (Å²) in [5.74, 6) is 0. The summed E-state index contributed by atoms with van der Waals surface area (Å²) in [4.78, 5) is 0. The normalized spacial score (nSPS) is 13.7. The first-order chi connectivity index (χ1) is 4.77.